The minimum absolute atomic E-state index is 0.178. The van der Waals surface area contributed by atoms with Gasteiger partial charge in [-0.2, -0.15) is 0 Å². The quantitative estimate of drug-likeness (QED) is 0.835. The van der Waals surface area contributed by atoms with E-state index in [0.29, 0.717) is 36.1 Å². The highest BCUT2D eigenvalue weighted by Gasteiger charge is 2.24. The number of para-hydroxylation sites is 2. The molecule has 138 valence electrons. The first-order valence-electron chi connectivity index (χ1n) is 8.66. The van der Waals surface area contributed by atoms with Crippen LogP contribution < -0.4 is 19.5 Å². The molecule has 0 saturated heterocycles. The van der Waals surface area contributed by atoms with Gasteiger partial charge in [0.2, 0.25) is 0 Å². The summed E-state index contributed by atoms with van der Waals surface area (Å²) < 4.78 is 17.3. The lowest BCUT2D eigenvalue weighted by molar-refractivity contribution is -0.128. The average molecular weight is 376 g/mol. The van der Waals surface area contributed by atoms with Gasteiger partial charge >= 0.3 is 0 Å². The number of rotatable bonds is 6. The number of halogens is 1. The van der Waals surface area contributed by atoms with E-state index in [1.165, 1.54) is 0 Å². The minimum Gasteiger partial charge on any atom is -0.486 e. The van der Waals surface area contributed by atoms with E-state index in [4.69, 9.17) is 25.8 Å². The fourth-order valence-corrected chi connectivity index (χ4v) is 2.79. The van der Waals surface area contributed by atoms with Crippen molar-refractivity contribution in [3.63, 3.8) is 0 Å². The molecule has 1 N–H and O–H groups in total. The summed E-state index contributed by atoms with van der Waals surface area (Å²) in [5, 5.41) is 3.56. The molecule has 2 unspecified atom stereocenters. The summed E-state index contributed by atoms with van der Waals surface area (Å²) in [4.78, 5) is 12.5. The largest absolute Gasteiger partial charge is 0.486 e. The van der Waals surface area contributed by atoms with Crippen LogP contribution in [-0.2, 0) is 4.79 Å². The standard InChI is InChI=1S/C20H22ClNO4/c1-3-17(25-14-8-9-16(21)13(2)10-14)20(23)22-11-15-12-24-18-6-4-5-7-19(18)26-15/h4-10,15,17H,3,11-12H2,1-2H3,(H,22,23). The summed E-state index contributed by atoms with van der Waals surface area (Å²) in [5.41, 5.74) is 0.908. The first-order chi connectivity index (χ1) is 12.6. The first-order valence-corrected chi connectivity index (χ1v) is 9.03. The SMILES string of the molecule is CCC(Oc1ccc(Cl)c(C)c1)C(=O)NCC1COc2ccccc2O1. The van der Waals surface area contributed by atoms with E-state index < -0.39 is 6.10 Å². The van der Waals surface area contributed by atoms with Crippen molar-refractivity contribution < 1.29 is 19.0 Å². The van der Waals surface area contributed by atoms with Gasteiger partial charge in [0.1, 0.15) is 18.5 Å². The second kappa shape index (κ2) is 8.32. The molecule has 0 spiro atoms. The lowest BCUT2D eigenvalue weighted by Crippen LogP contribution is -2.45. The number of amides is 1. The van der Waals surface area contributed by atoms with Gasteiger partial charge in [0.25, 0.3) is 5.91 Å². The molecule has 2 atom stereocenters. The number of aryl methyl sites for hydroxylation is 1. The van der Waals surface area contributed by atoms with Gasteiger partial charge in [-0.15, -0.1) is 0 Å². The summed E-state index contributed by atoms with van der Waals surface area (Å²) in [6.45, 7) is 4.55. The number of carbonyl (C=O) groups is 1. The van der Waals surface area contributed by atoms with Crippen molar-refractivity contribution in [3.8, 4) is 17.2 Å². The van der Waals surface area contributed by atoms with E-state index in [1.54, 1.807) is 12.1 Å². The van der Waals surface area contributed by atoms with Crippen LogP contribution in [0, 0.1) is 6.92 Å². The van der Waals surface area contributed by atoms with E-state index in [2.05, 4.69) is 5.32 Å². The van der Waals surface area contributed by atoms with Crippen molar-refractivity contribution in [1.82, 2.24) is 5.32 Å². The van der Waals surface area contributed by atoms with Gasteiger partial charge in [-0.1, -0.05) is 30.7 Å². The minimum atomic E-state index is -0.577. The summed E-state index contributed by atoms with van der Waals surface area (Å²) in [5.74, 6) is 1.86. The number of benzene rings is 2. The average Bonchev–Trinajstić information content (AvgIpc) is 2.66. The molecule has 0 saturated carbocycles. The second-order valence-electron chi connectivity index (χ2n) is 6.17. The molecule has 0 aromatic heterocycles. The van der Waals surface area contributed by atoms with E-state index >= 15 is 0 Å². The van der Waals surface area contributed by atoms with E-state index in [-0.39, 0.29) is 12.0 Å². The molecular weight excluding hydrogens is 354 g/mol. The van der Waals surface area contributed by atoms with Crippen LogP contribution in [0.2, 0.25) is 5.02 Å². The predicted octanol–water partition coefficient (Wildman–Crippen LogP) is 3.76. The van der Waals surface area contributed by atoms with Crippen LogP contribution >= 0.6 is 11.6 Å². The van der Waals surface area contributed by atoms with Crippen molar-refractivity contribution in [1.29, 1.82) is 0 Å². The maximum absolute atomic E-state index is 12.5. The molecule has 0 fully saturated rings. The van der Waals surface area contributed by atoms with Crippen LogP contribution in [-0.4, -0.2) is 31.3 Å². The van der Waals surface area contributed by atoms with Crippen LogP contribution in [0.1, 0.15) is 18.9 Å². The third-order valence-electron chi connectivity index (χ3n) is 4.14. The van der Waals surface area contributed by atoms with Crippen LogP contribution in [0.25, 0.3) is 0 Å². The van der Waals surface area contributed by atoms with Gasteiger partial charge < -0.3 is 19.5 Å². The molecule has 1 heterocycles. The molecule has 0 aliphatic carbocycles. The molecule has 1 aliphatic rings. The van der Waals surface area contributed by atoms with Crippen LogP contribution in [0.3, 0.4) is 0 Å². The van der Waals surface area contributed by atoms with Crippen LogP contribution in [0.5, 0.6) is 17.2 Å². The molecule has 1 aliphatic heterocycles. The van der Waals surface area contributed by atoms with Crippen molar-refractivity contribution in [3.05, 3.63) is 53.1 Å². The van der Waals surface area contributed by atoms with E-state index in [9.17, 15) is 4.79 Å². The van der Waals surface area contributed by atoms with Crippen molar-refractivity contribution in [2.45, 2.75) is 32.5 Å². The van der Waals surface area contributed by atoms with E-state index in [1.807, 2.05) is 44.2 Å². The summed E-state index contributed by atoms with van der Waals surface area (Å²) >= 11 is 6.02. The fourth-order valence-electron chi connectivity index (χ4n) is 2.67. The molecule has 2 aromatic carbocycles. The highest BCUT2D eigenvalue weighted by molar-refractivity contribution is 6.31. The number of nitrogens with one attached hydrogen (secondary N) is 1. The molecule has 6 heteroatoms. The summed E-state index contributed by atoms with van der Waals surface area (Å²) in [6, 6.07) is 12.8. The fraction of sp³-hybridized carbons (Fsp3) is 0.350. The smallest absolute Gasteiger partial charge is 0.261 e. The molecule has 0 bridgehead atoms. The maximum Gasteiger partial charge on any atom is 0.261 e. The normalized spacial score (nSPS) is 16.7. The third-order valence-corrected chi connectivity index (χ3v) is 4.57. The number of ether oxygens (including phenoxy) is 3. The number of hydrogen-bond donors (Lipinski definition) is 1. The zero-order chi connectivity index (χ0) is 18.5. The van der Waals surface area contributed by atoms with Crippen molar-refractivity contribution in [2.24, 2.45) is 0 Å². The number of carbonyl (C=O) groups excluding carboxylic acids is 1. The Kier molecular flexibility index (Phi) is 5.89. The highest BCUT2D eigenvalue weighted by Crippen LogP contribution is 2.30. The van der Waals surface area contributed by atoms with Gasteiger partial charge in [-0.25, -0.2) is 0 Å². The number of hydrogen-bond acceptors (Lipinski definition) is 4. The molecule has 3 rings (SSSR count). The maximum atomic E-state index is 12.5. The Morgan fingerprint density at radius 3 is 2.81 bits per heavy atom. The van der Waals surface area contributed by atoms with Gasteiger partial charge in [0, 0.05) is 5.02 Å². The molecule has 5 nitrogen and oxygen atoms in total. The number of fused-ring (bicyclic) bond motifs is 1. The van der Waals surface area contributed by atoms with Gasteiger partial charge in [-0.3, -0.25) is 4.79 Å². The predicted molar refractivity (Wildman–Crippen MR) is 100 cm³/mol. The molecule has 0 radical (unpaired) electrons. The van der Waals surface area contributed by atoms with Gasteiger partial charge in [0.15, 0.2) is 17.6 Å². The van der Waals surface area contributed by atoms with Gasteiger partial charge in [-0.05, 0) is 49.2 Å². The Morgan fingerprint density at radius 1 is 1.31 bits per heavy atom. The van der Waals surface area contributed by atoms with Crippen LogP contribution in [0.4, 0.5) is 0 Å². The second-order valence-corrected chi connectivity index (χ2v) is 6.58. The summed E-state index contributed by atoms with van der Waals surface area (Å²) in [7, 11) is 0. The topological polar surface area (TPSA) is 56.8 Å². The Hall–Kier alpha value is -2.40. The van der Waals surface area contributed by atoms with Gasteiger partial charge in [0.05, 0.1) is 6.54 Å². The zero-order valence-electron chi connectivity index (χ0n) is 14.8. The Morgan fingerprint density at radius 2 is 2.08 bits per heavy atom. The molecule has 1 amide bonds. The Labute approximate surface area is 158 Å². The lowest BCUT2D eigenvalue weighted by atomic mass is 10.2. The van der Waals surface area contributed by atoms with Crippen molar-refractivity contribution in [2.75, 3.05) is 13.2 Å². The molecule has 2 aromatic rings. The monoisotopic (exact) mass is 375 g/mol. The van der Waals surface area contributed by atoms with Crippen LogP contribution in [0.15, 0.2) is 42.5 Å². The first kappa shape index (κ1) is 18.4. The van der Waals surface area contributed by atoms with E-state index in [0.717, 1.165) is 11.3 Å². The molecule has 26 heavy (non-hydrogen) atoms. The summed E-state index contributed by atoms with van der Waals surface area (Å²) in [6.07, 6.45) is -0.255. The zero-order valence-corrected chi connectivity index (χ0v) is 15.6. The lowest BCUT2D eigenvalue weighted by Gasteiger charge is -2.27. The Bertz CT molecular complexity index is 780. The molecular formula is C20H22ClNO4. The Balaban J connectivity index is 1.54. The highest BCUT2D eigenvalue weighted by atomic mass is 35.5. The van der Waals surface area contributed by atoms with Crippen molar-refractivity contribution >= 4 is 17.5 Å². The third kappa shape index (κ3) is 4.41.